The van der Waals surface area contributed by atoms with Crippen molar-refractivity contribution in [2.24, 2.45) is 5.92 Å². The van der Waals surface area contributed by atoms with Crippen LogP contribution in [0.5, 0.6) is 0 Å². The smallest absolute Gasteiger partial charge is 0.248 e. The molecule has 0 spiro atoms. The Kier molecular flexibility index (Phi) is 6.72. The molecule has 1 aliphatic heterocycles. The molecule has 2 aromatic rings. The van der Waals surface area contributed by atoms with Gasteiger partial charge >= 0.3 is 0 Å². The largest absolute Gasteiger partial charge is 0.355 e. The number of halogens is 1. The first-order valence-corrected chi connectivity index (χ1v) is 11.3. The highest BCUT2D eigenvalue weighted by Crippen LogP contribution is 2.29. The van der Waals surface area contributed by atoms with Crippen molar-refractivity contribution >= 4 is 28.1 Å². The van der Waals surface area contributed by atoms with Crippen molar-refractivity contribution in [3.63, 3.8) is 0 Å². The lowest BCUT2D eigenvalue weighted by atomic mass is 9.97. The Morgan fingerprint density at radius 3 is 2.57 bits per heavy atom. The summed E-state index contributed by atoms with van der Waals surface area (Å²) in [4.78, 5) is 12.2. The molecule has 0 atom stereocenters. The fourth-order valence-electron chi connectivity index (χ4n) is 3.46. The molecule has 7 nitrogen and oxygen atoms in total. The lowest BCUT2D eigenvalue weighted by molar-refractivity contribution is -0.126. The number of hydrogen-bond donors (Lipinski definition) is 1. The second-order valence-electron chi connectivity index (χ2n) is 7.66. The summed E-state index contributed by atoms with van der Waals surface area (Å²) in [6.45, 7) is 5.81. The summed E-state index contributed by atoms with van der Waals surface area (Å²) >= 11 is 0. The Labute approximate surface area is 176 Å². The van der Waals surface area contributed by atoms with Crippen molar-refractivity contribution in [2.45, 2.75) is 44.6 Å². The molecule has 2 heterocycles. The molecule has 0 unspecified atom stereocenters. The van der Waals surface area contributed by atoms with E-state index in [0.717, 1.165) is 0 Å². The summed E-state index contributed by atoms with van der Waals surface area (Å²) in [6.07, 6.45) is 3.76. The Morgan fingerprint density at radius 2 is 1.93 bits per heavy atom. The van der Waals surface area contributed by atoms with E-state index >= 15 is 0 Å². The van der Waals surface area contributed by atoms with Crippen LogP contribution in [0.3, 0.4) is 0 Å². The summed E-state index contributed by atoms with van der Waals surface area (Å²) in [5, 5.41) is 6.68. The molecule has 1 N–H and O–H groups in total. The number of nitrogens with one attached hydrogen (secondary N) is 1. The van der Waals surface area contributed by atoms with Gasteiger partial charge in [0.05, 0.1) is 0 Å². The third-order valence-corrected chi connectivity index (χ3v) is 7.06. The van der Waals surface area contributed by atoms with Gasteiger partial charge in [0.15, 0.2) is 10.7 Å². The third kappa shape index (κ3) is 4.79. The predicted octanol–water partition coefficient (Wildman–Crippen LogP) is 3.22. The minimum atomic E-state index is -3.87. The van der Waals surface area contributed by atoms with Gasteiger partial charge in [0.25, 0.3) is 0 Å². The number of benzene rings is 1. The van der Waals surface area contributed by atoms with Crippen molar-refractivity contribution in [3.8, 4) is 0 Å². The van der Waals surface area contributed by atoms with E-state index in [0.29, 0.717) is 18.4 Å². The molecule has 0 radical (unpaired) electrons. The van der Waals surface area contributed by atoms with E-state index in [-0.39, 0.29) is 47.3 Å². The van der Waals surface area contributed by atoms with Crippen LogP contribution in [-0.4, -0.2) is 42.9 Å². The summed E-state index contributed by atoms with van der Waals surface area (Å²) < 4.78 is 46.9. The number of aryl methyl sites for hydroxylation is 1. The van der Waals surface area contributed by atoms with Gasteiger partial charge in [0, 0.05) is 30.6 Å². The molecule has 3 rings (SSSR count). The van der Waals surface area contributed by atoms with Gasteiger partial charge in [-0.3, -0.25) is 4.79 Å². The van der Waals surface area contributed by atoms with E-state index in [1.54, 1.807) is 25.1 Å². The zero-order chi connectivity index (χ0) is 21.9. The molecule has 9 heteroatoms. The maximum absolute atomic E-state index is 13.8. The summed E-state index contributed by atoms with van der Waals surface area (Å²) in [5.74, 6) is -0.619. The van der Waals surface area contributed by atoms with Crippen molar-refractivity contribution in [3.05, 3.63) is 47.1 Å². The zero-order valence-electron chi connectivity index (χ0n) is 17.3. The number of rotatable bonds is 6. The van der Waals surface area contributed by atoms with Gasteiger partial charge in [0.1, 0.15) is 11.5 Å². The molecule has 0 bridgehead atoms. The van der Waals surface area contributed by atoms with Crippen LogP contribution in [0.25, 0.3) is 12.2 Å². The molecule has 1 aliphatic rings. The molecule has 162 valence electrons. The van der Waals surface area contributed by atoms with Crippen LogP contribution < -0.4 is 5.32 Å². The second kappa shape index (κ2) is 9.09. The van der Waals surface area contributed by atoms with Gasteiger partial charge in [0.2, 0.25) is 15.9 Å². The van der Waals surface area contributed by atoms with Gasteiger partial charge in [-0.15, -0.1) is 0 Å². The van der Waals surface area contributed by atoms with Gasteiger partial charge < -0.3 is 9.84 Å². The first-order valence-electron chi connectivity index (χ1n) is 9.89. The van der Waals surface area contributed by atoms with Gasteiger partial charge in [-0.05, 0) is 51.8 Å². The molecule has 1 fully saturated rings. The van der Waals surface area contributed by atoms with Crippen molar-refractivity contribution in [2.75, 3.05) is 13.1 Å². The summed E-state index contributed by atoms with van der Waals surface area (Å²) in [7, 11) is -3.87. The number of aromatic nitrogens is 1. The minimum Gasteiger partial charge on any atom is -0.355 e. The average molecular weight is 436 g/mol. The molecule has 1 aromatic carbocycles. The number of nitrogens with zero attached hydrogens (tertiary/aromatic N) is 2. The van der Waals surface area contributed by atoms with E-state index < -0.39 is 15.8 Å². The molecule has 0 saturated carbocycles. The van der Waals surface area contributed by atoms with E-state index in [2.05, 4.69) is 10.5 Å². The summed E-state index contributed by atoms with van der Waals surface area (Å²) in [5.41, 5.74) is 0.551. The van der Waals surface area contributed by atoms with Crippen LogP contribution in [0.4, 0.5) is 4.39 Å². The van der Waals surface area contributed by atoms with Crippen molar-refractivity contribution in [1.29, 1.82) is 0 Å². The highest BCUT2D eigenvalue weighted by Gasteiger charge is 2.35. The Morgan fingerprint density at radius 1 is 1.27 bits per heavy atom. The maximum Gasteiger partial charge on any atom is 0.248 e. The molecular weight excluding hydrogens is 409 g/mol. The van der Waals surface area contributed by atoms with Crippen molar-refractivity contribution in [1.82, 2.24) is 14.8 Å². The monoisotopic (exact) mass is 435 g/mol. The normalized spacial score (nSPS) is 16.4. The molecule has 1 amide bonds. The van der Waals surface area contributed by atoms with Crippen molar-refractivity contribution < 1.29 is 22.1 Å². The van der Waals surface area contributed by atoms with Gasteiger partial charge in [-0.2, -0.15) is 4.31 Å². The first-order chi connectivity index (χ1) is 14.2. The lowest BCUT2D eigenvalue weighted by Crippen LogP contribution is -2.44. The van der Waals surface area contributed by atoms with E-state index in [4.69, 9.17) is 4.52 Å². The highest BCUT2D eigenvalue weighted by atomic mass is 32.2. The highest BCUT2D eigenvalue weighted by molar-refractivity contribution is 7.89. The maximum atomic E-state index is 13.8. The van der Waals surface area contributed by atoms with Crippen LogP contribution in [0.1, 0.15) is 43.7 Å². The van der Waals surface area contributed by atoms with Gasteiger partial charge in [-0.1, -0.05) is 23.4 Å². The molecule has 0 aliphatic carbocycles. The number of hydrogen-bond acceptors (Lipinski definition) is 5. The Hall–Kier alpha value is -2.52. The quantitative estimate of drug-likeness (QED) is 0.752. The number of piperidine rings is 1. The van der Waals surface area contributed by atoms with Gasteiger partial charge in [-0.25, -0.2) is 12.8 Å². The summed E-state index contributed by atoms with van der Waals surface area (Å²) in [6, 6.07) is 6.21. The molecule has 30 heavy (non-hydrogen) atoms. The predicted molar refractivity (Wildman–Crippen MR) is 111 cm³/mol. The van der Waals surface area contributed by atoms with E-state index in [1.165, 1.54) is 22.5 Å². The Balaban J connectivity index is 1.78. The SMILES string of the molecule is Cc1noc(/C=C/c2ccccc2F)c1S(=O)(=O)N1CCC(C(=O)NC(C)C)CC1. The number of amides is 1. The number of carbonyl (C=O) groups is 1. The minimum absolute atomic E-state index is 0.0276. The number of sulfonamides is 1. The van der Waals surface area contributed by atoms with Crippen LogP contribution in [0.15, 0.2) is 33.7 Å². The molecule has 1 saturated heterocycles. The Bertz CT molecular complexity index is 1040. The number of carbonyl (C=O) groups excluding carboxylic acids is 1. The fraction of sp³-hybridized carbons (Fsp3) is 0.429. The molecule has 1 aromatic heterocycles. The van der Waals surface area contributed by atoms with Crippen LogP contribution in [-0.2, 0) is 14.8 Å². The second-order valence-corrected chi connectivity index (χ2v) is 9.53. The lowest BCUT2D eigenvalue weighted by Gasteiger charge is -2.30. The fourth-order valence-corrected chi connectivity index (χ4v) is 5.18. The van der Waals surface area contributed by atoms with Crippen LogP contribution in [0, 0.1) is 18.7 Å². The van der Waals surface area contributed by atoms with E-state index in [1.807, 2.05) is 13.8 Å². The van der Waals surface area contributed by atoms with Crippen LogP contribution in [0.2, 0.25) is 0 Å². The van der Waals surface area contributed by atoms with E-state index in [9.17, 15) is 17.6 Å². The average Bonchev–Trinajstić information content (AvgIpc) is 3.08. The zero-order valence-corrected chi connectivity index (χ0v) is 18.1. The molecular formula is C21H26FN3O4S. The van der Waals surface area contributed by atoms with Crippen LogP contribution >= 0.6 is 0 Å². The third-order valence-electron chi connectivity index (χ3n) is 5.01. The first kappa shape index (κ1) is 22.2. The standard InChI is InChI=1S/C21H26FN3O4S/c1-14(2)23-21(26)17-10-12-25(13-11-17)30(27,28)20-15(3)24-29-19(20)9-8-16-6-4-5-7-18(16)22/h4-9,14,17H,10-13H2,1-3H3,(H,23,26)/b9-8+. The topological polar surface area (TPSA) is 92.5 Å².